The van der Waals surface area contributed by atoms with Crippen LogP contribution in [-0.4, -0.2) is 42.6 Å². The minimum Gasteiger partial charge on any atom is -0.339 e. The third-order valence-electron chi connectivity index (χ3n) is 7.54. The van der Waals surface area contributed by atoms with Gasteiger partial charge in [0.05, 0.1) is 5.71 Å². The molecule has 234 valence electrons. The smallest absolute Gasteiger partial charge is 0.319 e. The van der Waals surface area contributed by atoms with Crippen LogP contribution >= 0.6 is 0 Å². The van der Waals surface area contributed by atoms with Crippen molar-refractivity contribution in [3.05, 3.63) is 125 Å². The van der Waals surface area contributed by atoms with Crippen molar-refractivity contribution in [2.75, 3.05) is 18.0 Å². The maximum Gasteiger partial charge on any atom is 0.319 e. The fourth-order valence-corrected chi connectivity index (χ4v) is 5.13. The van der Waals surface area contributed by atoms with Crippen molar-refractivity contribution < 1.29 is 26.7 Å². The molecule has 0 unspecified atom stereocenters. The highest BCUT2D eigenvalue weighted by atomic mass is 19.3. The molecule has 1 N–H and O–H groups in total. The van der Waals surface area contributed by atoms with E-state index < -0.39 is 18.8 Å². The summed E-state index contributed by atoms with van der Waals surface area (Å²) in [5.41, 5.74) is 4.09. The standard InChI is InChI=1S/C30H30F3N3O.C5H8F2/c1-19-7-4-5-10-27(19)36(30(32)33)21(3)22-13-15-35(16-14-22)29(37)24-11-12-26(20(2)17-24)28(34)23-8-6-9-25(31)18-23;1-2-3-4-5(6)7/h4-12,17-18,22,30,34H,3,13-16H2,1-2H3;2-3,5H,4H2,1H3/b;3-2+. The first kappa shape index (κ1) is 34.2. The highest BCUT2D eigenvalue weighted by molar-refractivity contribution is 6.12. The van der Waals surface area contributed by atoms with Gasteiger partial charge in [0.15, 0.2) is 0 Å². The molecule has 1 heterocycles. The number of nitrogens with zero attached hydrogens (tertiary/aromatic N) is 2. The van der Waals surface area contributed by atoms with Crippen LogP contribution in [0.1, 0.15) is 58.8 Å². The van der Waals surface area contributed by atoms with E-state index in [-0.39, 0.29) is 24.0 Å². The largest absolute Gasteiger partial charge is 0.339 e. The van der Waals surface area contributed by atoms with Gasteiger partial charge in [0.25, 0.3) is 5.91 Å². The van der Waals surface area contributed by atoms with Crippen molar-refractivity contribution in [1.29, 1.82) is 5.41 Å². The van der Waals surface area contributed by atoms with Crippen molar-refractivity contribution in [2.24, 2.45) is 5.92 Å². The van der Waals surface area contributed by atoms with Gasteiger partial charge in [-0.1, -0.05) is 55.1 Å². The van der Waals surface area contributed by atoms with Gasteiger partial charge in [-0.25, -0.2) is 13.2 Å². The van der Waals surface area contributed by atoms with E-state index in [4.69, 9.17) is 5.41 Å². The van der Waals surface area contributed by atoms with Gasteiger partial charge in [0.2, 0.25) is 6.43 Å². The molecule has 1 aliphatic rings. The zero-order chi connectivity index (χ0) is 32.4. The van der Waals surface area contributed by atoms with E-state index in [0.29, 0.717) is 54.0 Å². The number of anilines is 1. The number of benzene rings is 3. The Kier molecular flexibility index (Phi) is 12.4. The molecule has 1 saturated heterocycles. The third kappa shape index (κ3) is 8.88. The second-order valence-corrected chi connectivity index (χ2v) is 10.6. The average Bonchev–Trinajstić information content (AvgIpc) is 3.00. The van der Waals surface area contributed by atoms with Crippen LogP contribution < -0.4 is 4.90 Å². The maximum absolute atomic E-state index is 14.0. The first-order valence-corrected chi connectivity index (χ1v) is 14.4. The topological polar surface area (TPSA) is 47.4 Å². The molecule has 0 aromatic heterocycles. The minimum atomic E-state index is -2.71. The molecule has 1 fully saturated rings. The first-order valence-electron chi connectivity index (χ1n) is 14.4. The Morgan fingerprint density at radius 1 is 0.977 bits per heavy atom. The molecule has 0 saturated carbocycles. The van der Waals surface area contributed by atoms with Gasteiger partial charge in [-0.3, -0.25) is 15.1 Å². The normalized spacial score (nSPS) is 13.6. The molecule has 0 spiro atoms. The number of nitrogens with one attached hydrogen (secondary N) is 1. The molecule has 0 atom stereocenters. The van der Waals surface area contributed by atoms with E-state index in [1.54, 1.807) is 73.4 Å². The van der Waals surface area contributed by atoms with E-state index in [9.17, 15) is 26.7 Å². The molecule has 0 radical (unpaired) electrons. The molecule has 1 amide bonds. The lowest BCUT2D eigenvalue weighted by Gasteiger charge is -2.37. The van der Waals surface area contributed by atoms with Gasteiger partial charge in [0.1, 0.15) is 5.82 Å². The monoisotopic (exact) mass is 611 g/mol. The SMILES string of the molecule is C/C=C/CC(F)F.C=C(C1CCN(C(=O)c2ccc(C(=N)c3cccc(F)c3)c(C)c2)CC1)N(c1ccccc1C)C(F)F. The van der Waals surface area contributed by atoms with Gasteiger partial charge in [0, 0.05) is 53.5 Å². The Balaban J connectivity index is 0.000000676. The van der Waals surface area contributed by atoms with Crippen LogP contribution in [0.4, 0.5) is 27.6 Å². The van der Waals surface area contributed by atoms with Gasteiger partial charge in [-0.05, 0) is 75.1 Å². The Hall–Kier alpha value is -4.27. The second-order valence-electron chi connectivity index (χ2n) is 10.6. The van der Waals surface area contributed by atoms with Crippen LogP contribution in [0.2, 0.25) is 0 Å². The van der Waals surface area contributed by atoms with Crippen LogP contribution in [0.25, 0.3) is 0 Å². The lowest BCUT2D eigenvalue weighted by Crippen LogP contribution is -2.41. The minimum absolute atomic E-state index is 0.115. The zero-order valence-electron chi connectivity index (χ0n) is 25.2. The molecule has 4 nitrogen and oxygen atoms in total. The predicted molar refractivity (Wildman–Crippen MR) is 166 cm³/mol. The number of para-hydroxylation sites is 1. The number of hydrogen-bond donors (Lipinski definition) is 1. The second kappa shape index (κ2) is 16.0. The van der Waals surface area contributed by atoms with Crippen LogP contribution in [-0.2, 0) is 0 Å². The molecular formula is C35H38F5N3O. The number of hydrogen-bond acceptors (Lipinski definition) is 3. The summed E-state index contributed by atoms with van der Waals surface area (Å²) in [6.45, 7) is 7.52. The van der Waals surface area contributed by atoms with Crippen LogP contribution in [0, 0.1) is 31.0 Å². The van der Waals surface area contributed by atoms with E-state index >= 15 is 0 Å². The van der Waals surface area contributed by atoms with Crippen LogP contribution in [0.3, 0.4) is 0 Å². The Labute approximate surface area is 256 Å². The summed E-state index contributed by atoms with van der Waals surface area (Å²) in [4.78, 5) is 15.9. The number of rotatable bonds is 9. The molecule has 3 aromatic rings. The van der Waals surface area contributed by atoms with Crippen LogP contribution in [0.15, 0.2) is 91.2 Å². The number of amides is 1. The third-order valence-corrected chi connectivity index (χ3v) is 7.54. The molecule has 0 aliphatic carbocycles. The fourth-order valence-electron chi connectivity index (χ4n) is 5.13. The maximum atomic E-state index is 14.0. The fraction of sp³-hybridized carbons (Fsp3) is 0.314. The van der Waals surface area contributed by atoms with Gasteiger partial charge < -0.3 is 4.90 Å². The molecule has 9 heteroatoms. The number of likely N-dealkylation sites (tertiary alicyclic amines) is 1. The number of aryl methyl sites for hydroxylation is 2. The Bertz CT molecular complexity index is 1480. The van der Waals surface area contributed by atoms with E-state index in [1.165, 1.54) is 18.2 Å². The molecule has 4 rings (SSSR count). The van der Waals surface area contributed by atoms with E-state index in [2.05, 4.69) is 6.58 Å². The molecule has 1 aliphatic heterocycles. The molecule has 0 bridgehead atoms. The number of carbonyl (C=O) groups is 1. The molecule has 44 heavy (non-hydrogen) atoms. The lowest BCUT2D eigenvalue weighted by atomic mass is 9.92. The Morgan fingerprint density at radius 2 is 1.66 bits per heavy atom. The summed E-state index contributed by atoms with van der Waals surface area (Å²) in [5, 5.41) is 8.46. The summed E-state index contributed by atoms with van der Waals surface area (Å²) in [6, 6.07) is 18.0. The number of piperidine rings is 1. The Morgan fingerprint density at radius 3 is 2.20 bits per heavy atom. The van der Waals surface area contributed by atoms with Gasteiger partial charge >= 0.3 is 6.55 Å². The van der Waals surface area contributed by atoms with Crippen LogP contribution in [0.5, 0.6) is 0 Å². The predicted octanol–water partition coefficient (Wildman–Crippen LogP) is 9.17. The van der Waals surface area contributed by atoms with Crippen molar-refractivity contribution >= 4 is 17.3 Å². The van der Waals surface area contributed by atoms with Crippen molar-refractivity contribution in [3.63, 3.8) is 0 Å². The van der Waals surface area contributed by atoms with Crippen molar-refractivity contribution in [2.45, 2.75) is 53.0 Å². The first-order chi connectivity index (χ1) is 20.9. The number of alkyl halides is 4. The quantitative estimate of drug-likeness (QED) is 0.114. The zero-order valence-corrected chi connectivity index (χ0v) is 25.2. The molecule has 3 aromatic carbocycles. The lowest BCUT2D eigenvalue weighted by molar-refractivity contribution is 0.0695. The van der Waals surface area contributed by atoms with E-state index in [1.807, 2.05) is 13.0 Å². The van der Waals surface area contributed by atoms with Gasteiger partial charge in [-0.2, -0.15) is 8.78 Å². The van der Waals surface area contributed by atoms with E-state index in [0.717, 1.165) is 16.0 Å². The summed E-state index contributed by atoms with van der Waals surface area (Å²) in [5.74, 6) is -0.706. The number of carbonyl (C=O) groups excluding carboxylic acids is 1. The summed E-state index contributed by atoms with van der Waals surface area (Å²) >= 11 is 0. The average molecular weight is 612 g/mol. The highest BCUT2D eigenvalue weighted by Crippen LogP contribution is 2.34. The number of allylic oxidation sites excluding steroid dienone is 3. The van der Waals surface area contributed by atoms with Gasteiger partial charge in [-0.15, -0.1) is 0 Å². The summed E-state index contributed by atoms with van der Waals surface area (Å²) in [6.07, 6.45) is 1.85. The summed E-state index contributed by atoms with van der Waals surface area (Å²) in [7, 11) is 0. The summed E-state index contributed by atoms with van der Waals surface area (Å²) < 4.78 is 64.0. The van der Waals surface area contributed by atoms with Crippen molar-refractivity contribution in [1.82, 2.24) is 4.90 Å². The van der Waals surface area contributed by atoms with Crippen molar-refractivity contribution in [3.8, 4) is 0 Å². The molecular weight excluding hydrogens is 573 g/mol. The highest BCUT2D eigenvalue weighted by Gasteiger charge is 2.31. The number of halogens is 5.